The van der Waals surface area contributed by atoms with Gasteiger partial charge in [0.15, 0.2) is 11.5 Å². The minimum atomic E-state index is 0.154. The van der Waals surface area contributed by atoms with Crippen LogP contribution in [0.2, 0.25) is 0 Å². The van der Waals surface area contributed by atoms with Gasteiger partial charge in [-0.25, -0.2) is 0 Å². The molecule has 0 N–H and O–H groups in total. The predicted octanol–water partition coefficient (Wildman–Crippen LogP) is 3.26. The fourth-order valence-electron chi connectivity index (χ4n) is 1.76. The van der Waals surface area contributed by atoms with Crippen LogP contribution in [0.3, 0.4) is 0 Å². The van der Waals surface area contributed by atoms with Crippen LogP contribution in [0, 0.1) is 5.41 Å². The summed E-state index contributed by atoms with van der Waals surface area (Å²) in [4.78, 5) is 0. The molecule has 1 aliphatic heterocycles. The second-order valence-corrected chi connectivity index (χ2v) is 5.06. The molecule has 1 aromatic carbocycles. The molecule has 1 heterocycles. The Labute approximate surface area is 91.2 Å². The monoisotopic (exact) mass is 206 g/mol. The summed E-state index contributed by atoms with van der Waals surface area (Å²) in [5, 5.41) is 0. The van der Waals surface area contributed by atoms with Crippen molar-refractivity contribution in [2.45, 2.75) is 33.3 Å². The van der Waals surface area contributed by atoms with Gasteiger partial charge in [-0.2, -0.15) is 0 Å². The minimum absolute atomic E-state index is 0.154. The van der Waals surface area contributed by atoms with E-state index in [0.717, 1.165) is 24.5 Å². The van der Waals surface area contributed by atoms with E-state index in [1.807, 2.05) is 24.3 Å². The van der Waals surface area contributed by atoms with E-state index in [2.05, 4.69) is 20.8 Å². The Morgan fingerprint density at radius 2 is 1.80 bits per heavy atom. The minimum Gasteiger partial charge on any atom is -0.490 e. The first-order valence-electron chi connectivity index (χ1n) is 5.46. The summed E-state index contributed by atoms with van der Waals surface area (Å²) in [7, 11) is 0. The molecule has 2 rings (SSSR count). The zero-order valence-electron chi connectivity index (χ0n) is 9.62. The van der Waals surface area contributed by atoms with Gasteiger partial charge in [-0.15, -0.1) is 0 Å². The molecule has 0 bridgehead atoms. The van der Waals surface area contributed by atoms with E-state index in [9.17, 15) is 0 Å². The first kappa shape index (κ1) is 10.3. The van der Waals surface area contributed by atoms with Gasteiger partial charge in [0, 0.05) is 6.42 Å². The van der Waals surface area contributed by atoms with Crippen molar-refractivity contribution in [3.8, 4) is 11.5 Å². The lowest BCUT2D eigenvalue weighted by Crippen LogP contribution is -2.32. The summed E-state index contributed by atoms with van der Waals surface area (Å²) in [5.74, 6) is 1.74. The number of hydrogen-bond donors (Lipinski definition) is 0. The van der Waals surface area contributed by atoms with Crippen molar-refractivity contribution in [1.29, 1.82) is 0 Å². The Kier molecular flexibility index (Phi) is 2.59. The highest BCUT2D eigenvalue weighted by atomic mass is 16.5. The molecular weight excluding hydrogens is 188 g/mol. The second-order valence-electron chi connectivity index (χ2n) is 5.06. The first-order valence-corrected chi connectivity index (χ1v) is 5.46. The van der Waals surface area contributed by atoms with E-state index in [4.69, 9.17) is 9.47 Å². The van der Waals surface area contributed by atoms with Crippen molar-refractivity contribution in [2.24, 2.45) is 5.41 Å². The van der Waals surface area contributed by atoms with Gasteiger partial charge in [-0.05, 0) is 17.5 Å². The molecule has 0 amide bonds. The van der Waals surface area contributed by atoms with Gasteiger partial charge in [0.05, 0.1) is 6.61 Å². The van der Waals surface area contributed by atoms with Crippen LogP contribution in [-0.4, -0.2) is 12.7 Å². The summed E-state index contributed by atoms with van der Waals surface area (Å²) in [6.45, 7) is 7.34. The summed E-state index contributed by atoms with van der Waals surface area (Å²) in [6.07, 6.45) is 1.17. The third kappa shape index (κ3) is 2.25. The van der Waals surface area contributed by atoms with Gasteiger partial charge in [0.1, 0.15) is 6.10 Å². The smallest absolute Gasteiger partial charge is 0.161 e. The maximum atomic E-state index is 6.00. The van der Waals surface area contributed by atoms with E-state index in [-0.39, 0.29) is 11.5 Å². The molecular formula is C13H18O2. The predicted molar refractivity (Wildman–Crippen MR) is 60.4 cm³/mol. The molecule has 0 saturated heterocycles. The Morgan fingerprint density at radius 3 is 2.47 bits per heavy atom. The molecule has 1 atom stereocenters. The van der Waals surface area contributed by atoms with Crippen LogP contribution >= 0.6 is 0 Å². The number of rotatable bonds is 0. The standard InChI is InChI=1S/C13H18O2/c1-13(2,3)12-8-9-14-10-6-4-5-7-11(10)15-12/h4-7,12H,8-9H2,1-3H3. The van der Waals surface area contributed by atoms with Crippen LogP contribution < -0.4 is 9.47 Å². The Morgan fingerprint density at radius 1 is 1.13 bits per heavy atom. The summed E-state index contributed by atoms with van der Waals surface area (Å²) in [5.41, 5.74) is 0.154. The molecule has 2 nitrogen and oxygen atoms in total. The molecule has 1 aromatic rings. The van der Waals surface area contributed by atoms with E-state index < -0.39 is 0 Å². The fourth-order valence-corrected chi connectivity index (χ4v) is 1.76. The summed E-state index contributed by atoms with van der Waals surface area (Å²) in [6, 6.07) is 7.88. The molecule has 1 aliphatic rings. The molecule has 0 saturated carbocycles. The highest BCUT2D eigenvalue weighted by molar-refractivity contribution is 5.40. The van der Waals surface area contributed by atoms with Crippen LogP contribution in [0.15, 0.2) is 24.3 Å². The lowest BCUT2D eigenvalue weighted by molar-refractivity contribution is 0.0803. The molecule has 0 spiro atoms. The molecule has 1 unspecified atom stereocenters. The number of benzene rings is 1. The lowest BCUT2D eigenvalue weighted by atomic mass is 9.87. The molecule has 2 heteroatoms. The number of para-hydroxylation sites is 2. The van der Waals surface area contributed by atoms with Gasteiger partial charge in [-0.1, -0.05) is 32.9 Å². The van der Waals surface area contributed by atoms with Gasteiger partial charge >= 0.3 is 0 Å². The Balaban J connectivity index is 2.25. The molecule has 82 valence electrons. The lowest BCUT2D eigenvalue weighted by Gasteiger charge is -2.29. The molecule has 15 heavy (non-hydrogen) atoms. The van der Waals surface area contributed by atoms with Crippen molar-refractivity contribution >= 4 is 0 Å². The van der Waals surface area contributed by atoms with E-state index >= 15 is 0 Å². The van der Waals surface area contributed by atoms with Crippen LogP contribution in [-0.2, 0) is 0 Å². The van der Waals surface area contributed by atoms with Crippen molar-refractivity contribution in [3.63, 3.8) is 0 Å². The van der Waals surface area contributed by atoms with E-state index in [0.29, 0.717) is 0 Å². The Bertz CT molecular complexity index is 339. The second kappa shape index (κ2) is 3.76. The zero-order valence-corrected chi connectivity index (χ0v) is 9.62. The maximum absolute atomic E-state index is 6.00. The maximum Gasteiger partial charge on any atom is 0.161 e. The molecule has 0 fully saturated rings. The van der Waals surface area contributed by atoms with Crippen molar-refractivity contribution < 1.29 is 9.47 Å². The topological polar surface area (TPSA) is 18.5 Å². The highest BCUT2D eigenvalue weighted by Gasteiger charge is 2.29. The normalized spacial score (nSPS) is 20.9. The molecule has 0 aliphatic carbocycles. The van der Waals surface area contributed by atoms with Crippen molar-refractivity contribution in [2.75, 3.05) is 6.61 Å². The van der Waals surface area contributed by atoms with Crippen molar-refractivity contribution in [3.05, 3.63) is 24.3 Å². The SMILES string of the molecule is CC(C)(C)C1CCOc2ccccc2O1. The van der Waals surface area contributed by atoms with Crippen LogP contribution in [0.1, 0.15) is 27.2 Å². The average Bonchev–Trinajstić information content (AvgIpc) is 2.38. The largest absolute Gasteiger partial charge is 0.490 e. The third-order valence-electron chi connectivity index (χ3n) is 2.72. The first-order chi connectivity index (χ1) is 7.07. The van der Waals surface area contributed by atoms with Crippen molar-refractivity contribution in [1.82, 2.24) is 0 Å². The van der Waals surface area contributed by atoms with E-state index in [1.54, 1.807) is 0 Å². The number of hydrogen-bond acceptors (Lipinski definition) is 2. The van der Waals surface area contributed by atoms with Crippen LogP contribution in [0.25, 0.3) is 0 Å². The van der Waals surface area contributed by atoms with Gasteiger partial charge < -0.3 is 9.47 Å². The van der Waals surface area contributed by atoms with Gasteiger partial charge in [-0.3, -0.25) is 0 Å². The zero-order chi connectivity index (χ0) is 10.9. The Hall–Kier alpha value is -1.18. The third-order valence-corrected chi connectivity index (χ3v) is 2.72. The molecule has 0 aromatic heterocycles. The molecule has 0 radical (unpaired) electrons. The highest BCUT2D eigenvalue weighted by Crippen LogP contribution is 2.35. The number of fused-ring (bicyclic) bond motifs is 1. The van der Waals surface area contributed by atoms with Crippen LogP contribution in [0.5, 0.6) is 11.5 Å². The van der Waals surface area contributed by atoms with E-state index in [1.165, 1.54) is 0 Å². The summed E-state index contributed by atoms with van der Waals surface area (Å²) >= 11 is 0. The summed E-state index contributed by atoms with van der Waals surface area (Å²) < 4.78 is 11.6. The quantitative estimate of drug-likeness (QED) is 0.648. The van der Waals surface area contributed by atoms with Gasteiger partial charge in [0.2, 0.25) is 0 Å². The van der Waals surface area contributed by atoms with Gasteiger partial charge in [0.25, 0.3) is 0 Å². The van der Waals surface area contributed by atoms with Crippen LogP contribution in [0.4, 0.5) is 0 Å². The fraction of sp³-hybridized carbons (Fsp3) is 0.538. The number of ether oxygens (including phenoxy) is 2. The average molecular weight is 206 g/mol.